The van der Waals surface area contributed by atoms with E-state index in [2.05, 4.69) is 36.2 Å². The van der Waals surface area contributed by atoms with Crippen LogP contribution in [-0.4, -0.2) is 24.0 Å². The molecule has 2 aliphatic heterocycles. The number of thiophene rings is 1. The second kappa shape index (κ2) is 5.46. The van der Waals surface area contributed by atoms with Crippen molar-refractivity contribution < 1.29 is 0 Å². The first-order valence-corrected chi connectivity index (χ1v) is 9.22. The van der Waals surface area contributed by atoms with E-state index >= 15 is 0 Å². The Bertz CT molecular complexity index is 891. The summed E-state index contributed by atoms with van der Waals surface area (Å²) < 4.78 is 0. The molecular weight excluding hydrogens is 330 g/mol. The molecule has 1 aliphatic carbocycles. The Hall–Kier alpha value is -2.59. The smallest absolute Gasteiger partial charge is 0.191 e. The van der Waals surface area contributed by atoms with E-state index < -0.39 is 5.41 Å². The zero-order valence-electron chi connectivity index (χ0n) is 13.8. The van der Waals surface area contributed by atoms with Crippen molar-refractivity contribution in [3.05, 3.63) is 45.3 Å². The molecular formula is C19H17N5S. The second-order valence-corrected chi connectivity index (χ2v) is 7.77. The van der Waals surface area contributed by atoms with E-state index in [-0.39, 0.29) is 23.6 Å². The number of likely N-dealkylation sites (N-methyl/N-ethyl adjacent to an activating group) is 1. The lowest BCUT2D eigenvalue weighted by Gasteiger charge is -2.48. The van der Waals surface area contributed by atoms with Crippen LogP contribution in [0.4, 0.5) is 0 Å². The molecule has 4 atom stereocenters. The fourth-order valence-electron chi connectivity index (χ4n) is 4.91. The van der Waals surface area contributed by atoms with Gasteiger partial charge in [0.15, 0.2) is 5.41 Å². The van der Waals surface area contributed by atoms with Crippen LogP contribution in [0.2, 0.25) is 0 Å². The average Bonchev–Trinajstić information content (AvgIpc) is 3.21. The van der Waals surface area contributed by atoms with Crippen molar-refractivity contribution in [1.29, 1.82) is 15.8 Å². The van der Waals surface area contributed by atoms with Gasteiger partial charge in [-0.3, -0.25) is 4.90 Å². The van der Waals surface area contributed by atoms with Crippen molar-refractivity contribution in [2.45, 2.75) is 30.8 Å². The van der Waals surface area contributed by atoms with Crippen LogP contribution in [0.15, 0.2) is 39.7 Å². The number of hydrogen-bond donors (Lipinski definition) is 1. The van der Waals surface area contributed by atoms with Crippen LogP contribution in [-0.2, 0) is 0 Å². The fraction of sp³-hybridized carbons (Fsp3) is 0.421. The van der Waals surface area contributed by atoms with Crippen molar-refractivity contribution in [2.75, 3.05) is 7.05 Å². The fourth-order valence-corrected chi connectivity index (χ4v) is 5.61. The van der Waals surface area contributed by atoms with Crippen LogP contribution in [0.25, 0.3) is 0 Å². The van der Waals surface area contributed by atoms with Crippen LogP contribution in [0.1, 0.15) is 24.3 Å². The van der Waals surface area contributed by atoms with Gasteiger partial charge < -0.3 is 5.73 Å². The van der Waals surface area contributed by atoms with Gasteiger partial charge in [-0.25, -0.2) is 0 Å². The molecule has 5 nitrogen and oxygen atoms in total. The van der Waals surface area contributed by atoms with Gasteiger partial charge in [-0.15, -0.1) is 0 Å². The number of nitrogens with two attached hydrogens (primary N) is 1. The van der Waals surface area contributed by atoms with Crippen LogP contribution in [0.3, 0.4) is 0 Å². The maximum atomic E-state index is 9.99. The summed E-state index contributed by atoms with van der Waals surface area (Å²) in [6.07, 6.45) is 4.16. The van der Waals surface area contributed by atoms with E-state index in [1.165, 1.54) is 0 Å². The SMILES string of the molecule is CN1[C@@H]2C=C3C(C#N)=C(N)C(C#N)(C#N)[C@@H](c4ccsc4)[C@H]3[C@H]1CC2. The average molecular weight is 347 g/mol. The molecule has 0 saturated carbocycles. The number of fused-ring (bicyclic) bond motifs is 4. The predicted octanol–water partition coefficient (Wildman–Crippen LogP) is 2.63. The quantitative estimate of drug-likeness (QED) is 0.841. The van der Waals surface area contributed by atoms with E-state index in [1.54, 1.807) is 11.3 Å². The molecule has 1 aromatic rings. The summed E-state index contributed by atoms with van der Waals surface area (Å²) in [5, 5.41) is 33.7. The lowest BCUT2D eigenvalue weighted by Crippen LogP contribution is -2.51. The summed E-state index contributed by atoms with van der Waals surface area (Å²) in [7, 11) is 2.09. The molecule has 0 radical (unpaired) electrons. The third-order valence-electron chi connectivity index (χ3n) is 6.13. The van der Waals surface area contributed by atoms with Gasteiger partial charge in [0.1, 0.15) is 6.07 Å². The minimum absolute atomic E-state index is 0.0698. The van der Waals surface area contributed by atoms with E-state index in [9.17, 15) is 15.8 Å². The number of nitriles is 3. The molecule has 1 fully saturated rings. The standard InChI is InChI=1S/C19H17N5S/c1-24-12-2-3-15(24)16-13(6-12)14(7-20)18(23)19(9-21,10-22)17(16)11-4-5-25-8-11/h4-6,8,12,15-17H,2-3,23H2,1H3/t12-,15+,16+,17-/m0/s1. The first-order valence-electron chi connectivity index (χ1n) is 8.28. The molecule has 0 unspecified atom stereocenters. The van der Waals surface area contributed by atoms with Crippen molar-refractivity contribution in [3.8, 4) is 18.2 Å². The second-order valence-electron chi connectivity index (χ2n) is 6.99. The number of allylic oxidation sites excluding steroid dienone is 2. The monoisotopic (exact) mass is 347 g/mol. The summed E-state index contributed by atoms with van der Waals surface area (Å²) in [4.78, 5) is 2.32. The first-order chi connectivity index (χ1) is 12.1. The van der Waals surface area contributed by atoms with Crippen molar-refractivity contribution in [1.82, 2.24) is 4.90 Å². The van der Waals surface area contributed by atoms with E-state index in [0.717, 1.165) is 24.0 Å². The van der Waals surface area contributed by atoms with Crippen LogP contribution >= 0.6 is 11.3 Å². The first kappa shape index (κ1) is 15.9. The Kier molecular flexibility index (Phi) is 3.48. The van der Waals surface area contributed by atoms with Crippen molar-refractivity contribution in [2.24, 2.45) is 17.1 Å². The van der Waals surface area contributed by atoms with Crippen molar-refractivity contribution >= 4 is 11.3 Å². The van der Waals surface area contributed by atoms with Gasteiger partial charge in [-0.2, -0.15) is 27.1 Å². The number of rotatable bonds is 1. The Balaban J connectivity index is 2.05. The molecule has 124 valence electrons. The highest BCUT2D eigenvalue weighted by Gasteiger charge is 2.58. The Morgan fingerprint density at radius 3 is 2.64 bits per heavy atom. The summed E-state index contributed by atoms with van der Waals surface area (Å²) in [5.41, 5.74) is 7.14. The van der Waals surface area contributed by atoms with E-state index in [0.29, 0.717) is 11.6 Å². The van der Waals surface area contributed by atoms with Gasteiger partial charge in [0.25, 0.3) is 0 Å². The minimum atomic E-state index is -1.51. The molecule has 6 heteroatoms. The van der Waals surface area contributed by atoms with Gasteiger partial charge in [0.05, 0.1) is 23.4 Å². The molecule has 0 amide bonds. The molecule has 25 heavy (non-hydrogen) atoms. The molecule has 1 aromatic heterocycles. The highest BCUT2D eigenvalue weighted by atomic mass is 32.1. The maximum absolute atomic E-state index is 9.99. The molecule has 0 aromatic carbocycles. The predicted molar refractivity (Wildman–Crippen MR) is 93.7 cm³/mol. The van der Waals surface area contributed by atoms with Gasteiger partial charge in [0.2, 0.25) is 0 Å². The molecule has 0 spiro atoms. The number of hydrogen-bond acceptors (Lipinski definition) is 6. The topological polar surface area (TPSA) is 101 Å². The lowest BCUT2D eigenvalue weighted by atomic mass is 9.56. The molecule has 2 bridgehead atoms. The van der Waals surface area contributed by atoms with Crippen LogP contribution in [0.5, 0.6) is 0 Å². The lowest BCUT2D eigenvalue weighted by molar-refractivity contribution is 0.161. The van der Waals surface area contributed by atoms with Gasteiger partial charge in [-0.1, -0.05) is 6.08 Å². The highest BCUT2D eigenvalue weighted by molar-refractivity contribution is 7.08. The highest BCUT2D eigenvalue weighted by Crippen LogP contribution is 2.58. The largest absolute Gasteiger partial charge is 0.399 e. The molecule has 2 N–H and O–H groups in total. The Labute approximate surface area is 150 Å². The zero-order valence-corrected chi connectivity index (χ0v) is 14.6. The maximum Gasteiger partial charge on any atom is 0.191 e. The van der Waals surface area contributed by atoms with Gasteiger partial charge in [-0.05, 0) is 47.9 Å². The molecule has 3 aliphatic rings. The summed E-state index contributed by atoms with van der Waals surface area (Å²) in [6.45, 7) is 0. The van der Waals surface area contributed by atoms with Crippen LogP contribution in [0, 0.1) is 45.3 Å². The molecule has 4 rings (SSSR count). The van der Waals surface area contributed by atoms with E-state index in [1.807, 2.05) is 16.8 Å². The van der Waals surface area contributed by atoms with E-state index in [4.69, 9.17) is 5.73 Å². The third-order valence-corrected chi connectivity index (χ3v) is 6.83. The van der Waals surface area contributed by atoms with Gasteiger partial charge in [0, 0.05) is 23.9 Å². The summed E-state index contributed by atoms with van der Waals surface area (Å²) in [6, 6.07) is 9.06. The Morgan fingerprint density at radius 1 is 1.28 bits per heavy atom. The number of nitrogens with zero attached hydrogens (tertiary/aromatic N) is 4. The minimum Gasteiger partial charge on any atom is -0.399 e. The zero-order chi connectivity index (χ0) is 17.8. The van der Waals surface area contributed by atoms with Crippen LogP contribution < -0.4 is 5.73 Å². The third kappa shape index (κ3) is 1.89. The van der Waals surface area contributed by atoms with Crippen molar-refractivity contribution in [3.63, 3.8) is 0 Å². The van der Waals surface area contributed by atoms with Gasteiger partial charge >= 0.3 is 0 Å². The Morgan fingerprint density at radius 2 is 2.04 bits per heavy atom. The summed E-state index contributed by atoms with van der Waals surface area (Å²) in [5.74, 6) is -0.428. The summed E-state index contributed by atoms with van der Waals surface area (Å²) >= 11 is 1.55. The molecule has 3 heterocycles. The molecule has 1 saturated heterocycles. The normalized spacial score (nSPS) is 33.0.